The van der Waals surface area contributed by atoms with Crippen LogP contribution in [0.5, 0.6) is 0 Å². The Hall–Kier alpha value is 1.42. The van der Waals surface area contributed by atoms with Crippen molar-refractivity contribution in [2.45, 2.75) is 307 Å². The Kier molecular flexibility index (Phi) is 63.2. The van der Waals surface area contributed by atoms with Crippen molar-refractivity contribution in [1.82, 2.24) is 0 Å². The molecule has 0 nitrogen and oxygen atoms in total. The topological polar surface area (TPSA) is 0 Å². The van der Waals surface area contributed by atoms with Crippen LogP contribution in [0.25, 0.3) is 0 Å². The molecule has 0 bridgehead atoms. The molecular formula is C52H104S4Sn. The molecule has 0 fully saturated rings. The molecule has 0 saturated heterocycles. The zero-order valence-corrected chi connectivity index (χ0v) is 46.1. The summed E-state index contributed by atoms with van der Waals surface area (Å²) in [5, 5.41) is 0. The van der Waals surface area contributed by atoms with Crippen LogP contribution in [0.2, 0.25) is 8.87 Å². The van der Waals surface area contributed by atoms with E-state index in [1.807, 2.05) is 0 Å². The van der Waals surface area contributed by atoms with E-state index in [-0.39, 0.29) is 21.1 Å². The van der Waals surface area contributed by atoms with Crippen molar-refractivity contribution >= 4 is 79.2 Å². The summed E-state index contributed by atoms with van der Waals surface area (Å²) in [7, 11) is 0. The van der Waals surface area contributed by atoms with E-state index < -0.39 is 0 Å². The molecule has 0 aromatic rings. The molecule has 0 rings (SSSR count). The molecule has 5 heteroatoms. The van der Waals surface area contributed by atoms with Gasteiger partial charge in [0.15, 0.2) is 0 Å². The zero-order valence-electron chi connectivity index (χ0n) is 40.0. The predicted octanol–water partition coefficient (Wildman–Crippen LogP) is 20.2. The summed E-state index contributed by atoms with van der Waals surface area (Å²) >= 11 is 21.2. The third-order valence-corrected chi connectivity index (χ3v) is 17.1. The SMILES string of the molecule is CCCCCCCCC(CCCCCCCC)C(=S)[S-].CCCCCCCCC(CCCCCCCC)C(=S)[S-].CCCCCCC[CH2][Sn+2][CH2]CCCCCCC. The fraction of sp³-hybridized carbons (Fsp3) is 0.962. The third-order valence-electron chi connectivity index (χ3n) is 11.7. The predicted molar refractivity (Wildman–Crippen MR) is 281 cm³/mol. The van der Waals surface area contributed by atoms with Gasteiger partial charge >= 0.3 is 121 Å². The summed E-state index contributed by atoms with van der Waals surface area (Å²) in [4.78, 5) is 0. The monoisotopic (exact) mass is 977 g/mol. The minimum absolute atomic E-state index is 0.0736. The Morgan fingerprint density at radius 2 is 0.474 bits per heavy atom. The molecule has 0 amide bonds. The van der Waals surface area contributed by atoms with Crippen molar-refractivity contribution in [3.05, 3.63) is 0 Å². The number of hydrogen-bond acceptors (Lipinski definition) is 4. The second kappa shape index (κ2) is 57.4. The van der Waals surface area contributed by atoms with Gasteiger partial charge in [0, 0.05) is 0 Å². The quantitative estimate of drug-likeness (QED) is 0.0258. The molecule has 0 aliphatic heterocycles. The number of rotatable bonds is 44. The second-order valence-electron chi connectivity index (χ2n) is 17.5. The fourth-order valence-corrected chi connectivity index (χ4v) is 12.1. The van der Waals surface area contributed by atoms with E-state index in [0.29, 0.717) is 11.8 Å². The van der Waals surface area contributed by atoms with Gasteiger partial charge in [0.2, 0.25) is 0 Å². The van der Waals surface area contributed by atoms with Crippen molar-refractivity contribution in [3.8, 4) is 0 Å². The van der Waals surface area contributed by atoms with Crippen molar-refractivity contribution in [3.63, 3.8) is 0 Å². The third kappa shape index (κ3) is 57.4. The Bertz CT molecular complexity index is 652. The molecule has 0 N–H and O–H groups in total. The Morgan fingerprint density at radius 1 is 0.298 bits per heavy atom. The maximum absolute atomic E-state index is 5.27. The van der Waals surface area contributed by atoms with Crippen LogP contribution in [-0.4, -0.2) is 29.5 Å². The van der Waals surface area contributed by atoms with E-state index in [9.17, 15) is 0 Å². The molecule has 0 atom stereocenters. The molecule has 0 spiro atoms. The van der Waals surface area contributed by atoms with E-state index >= 15 is 0 Å². The first-order valence-corrected chi connectivity index (χ1v) is 31.6. The molecule has 0 aliphatic rings. The molecule has 0 aliphatic carbocycles. The Balaban J connectivity index is -0.000000771. The van der Waals surface area contributed by atoms with Gasteiger partial charge in [-0.3, -0.25) is 0 Å². The van der Waals surface area contributed by atoms with Crippen molar-refractivity contribution in [1.29, 1.82) is 0 Å². The fourth-order valence-electron chi connectivity index (χ4n) is 7.63. The summed E-state index contributed by atoms with van der Waals surface area (Å²) < 4.78 is 4.99. The van der Waals surface area contributed by atoms with Gasteiger partial charge in [0.05, 0.1) is 0 Å². The van der Waals surface area contributed by atoms with Crippen LogP contribution in [0.15, 0.2) is 0 Å². The summed E-state index contributed by atoms with van der Waals surface area (Å²) in [6.07, 6.45) is 55.6. The van der Waals surface area contributed by atoms with Crippen LogP contribution in [0.4, 0.5) is 0 Å². The van der Waals surface area contributed by atoms with Gasteiger partial charge in [-0.1, -0.05) is 182 Å². The Morgan fingerprint density at radius 3 is 0.667 bits per heavy atom. The maximum atomic E-state index is 5.27. The zero-order chi connectivity index (χ0) is 42.7. The van der Waals surface area contributed by atoms with E-state index in [4.69, 9.17) is 49.7 Å². The molecule has 0 radical (unpaired) electrons. The van der Waals surface area contributed by atoms with Crippen LogP contribution < -0.4 is 0 Å². The van der Waals surface area contributed by atoms with Gasteiger partial charge in [-0.15, -0.1) is 8.39 Å². The van der Waals surface area contributed by atoms with Gasteiger partial charge in [0.1, 0.15) is 0 Å². The van der Waals surface area contributed by atoms with Gasteiger partial charge in [0.25, 0.3) is 0 Å². The first-order chi connectivity index (χ1) is 27.9. The molecule has 0 saturated carbocycles. The normalized spacial score (nSPS) is 10.9. The van der Waals surface area contributed by atoms with Crippen molar-refractivity contribution in [2.24, 2.45) is 11.8 Å². The summed E-state index contributed by atoms with van der Waals surface area (Å²) in [5.74, 6) is 1.08. The van der Waals surface area contributed by atoms with E-state index in [1.165, 1.54) is 244 Å². The van der Waals surface area contributed by atoms with Crippen molar-refractivity contribution in [2.75, 3.05) is 0 Å². The molecule has 340 valence electrons. The average Bonchev–Trinajstić information content (AvgIpc) is 3.20. The van der Waals surface area contributed by atoms with Crippen LogP contribution in [0.1, 0.15) is 298 Å². The summed E-state index contributed by atoms with van der Waals surface area (Å²) in [6.45, 7) is 13.7. The molecule has 0 aromatic heterocycles. The number of hydrogen-bond donors (Lipinski definition) is 0. The summed E-state index contributed by atoms with van der Waals surface area (Å²) in [6, 6.07) is 0. The molecular weight excluding hydrogens is 872 g/mol. The minimum atomic E-state index is 0.0736. The molecule has 57 heavy (non-hydrogen) atoms. The van der Waals surface area contributed by atoms with Crippen molar-refractivity contribution < 1.29 is 0 Å². The standard InChI is InChI=1S/2C18H36S2.2C8H17.Sn/c2*1-3-5-7-9-11-13-15-17(18(19)20)16-14-12-10-8-6-4-2;2*1-3-5-7-8-6-4-2;/h2*17H,3-16H2,1-2H3,(H,19,20);2*1,3-8H2,2H3;/q;;;;+2/p-2. The summed E-state index contributed by atoms with van der Waals surface area (Å²) in [5.41, 5.74) is 0. The first kappa shape index (κ1) is 62.7. The van der Waals surface area contributed by atoms with Gasteiger partial charge in [-0.2, -0.15) is 0 Å². The van der Waals surface area contributed by atoms with Gasteiger partial charge in [-0.25, -0.2) is 0 Å². The van der Waals surface area contributed by atoms with E-state index in [1.54, 1.807) is 21.7 Å². The Labute approximate surface area is 395 Å². The van der Waals surface area contributed by atoms with Crippen LogP contribution in [0, 0.1) is 11.8 Å². The second-order valence-corrected chi connectivity index (χ2v) is 24.1. The van der Waals surface area contributed by atoms with E-state index in [0.717, 1.165) is 8.39 Å². The molecule has 0 aromatic carbocycles. The van der Waals surface area contributed by atoms with E-state index in [2.05, 4.69) is 41.5 Å². The number of thiocarbonyl (C=S) groups is 2. The van der Waals surface area contributed by atoms with Crippen LogP contribution in [0.3, 0.4) is 0 Å². The number of unbranched alkanes of at least 4 members (excludes halogenated alkanes) is 30. The van der Waals surface area contributed by atoms with Gasteiger partial charge < -0.3 is 49.7 Å². The van der Waals surface area contributed by atoms with Gasteiger partial charge in [-0.05, 0) is 37.5 Å². The van der Waals surface area contributed by atoms with Crippen LogP contribution in [-0.2, 0) is 25.3 Å². The molecule has 0 heterocycles. The average molecular weight is 976 g/mol. The van der Waals surface area contributed by atoms with Crippen LogP contribution >= 0.6 is 24.4 Å². The first-order valence-electron chi connectivity index (χ1n) is 26.0. The molecule has 0 unspecified atom stereocenters.